The fourth-order valence-corrected chi connectivity index (χ4v) is 2.02. The van der Waals surface area contributed by atoms with Crippen LogP contribution in [0.15, 0.2) is 54.6 Å². The number of benzene rings is 2. The molecule has 5 heteroatoms. The monoisotopic (exact) mass is 400 g/mol. The second-order valence-electron chi connectivity index (χ2n) is 3.83. The Hall–Kier alpha value is -1.21. The number of rotatable bonds is 4. The molecule has 0 aliphatic rings. The molecule has 0 bridgehead atoms. The molecule has 2 aromatic carbocycles. The topological polar surface area (TPSA) is 45.1 Å². The van der Waals surface area contributed by atoms with Crippen LogP contribution in [-0.2, 0) is 0 Å². The molecule has 0 heterocycles. The van der Waals surface area contributed by atoms with Gasteiger partial charge in [0.15, 0.2) is 5.17 Å². The molecule has 2 aromatic rings. The van der Waals surface area contributed by atoms with Crippen LogP contribution < -0.4 is 10.1 Å². The van der Waals surface area contributed by atoms with Gasteiger partial charge in [-0.2, -0.15) is 0 Å². The van der Waals surface area contributed by atoms with E-state index in [2.05, 4.69) is 5.32 Å². The van der Waals surface area contributed by atoms with Crippen molar-refractivity contribution in [2.45, 2.75) is 6.92 Å². The first-order valence-electron chi connectivity index (χ1n) is 6.09. The van der Waals surface area contributed by atoms with E-state index in [0.29, 0.717) is 5.17 Å². The molecule has 2 rings (SSSR count). The summed E-state index contributed by atoms with van der Waals surface area (Å²) in [7, 11) is 0. The van der Waals surface area contributed by atoms with Crippen LogP contribution in [0.4, 0.5) is 5.69 Å². The van der Waals surface area contributed by atoms with Gasteiger partial charge < -0.3 is 10.1 Å². The summed E-state index contributed by atoms with van der Waals surface area (Å²) in [4.78, 5) is 0. The molecule has 0 amide bonds. The van der Waals surface area contributed by atoms with Gasteiger partial charge in [0.1, 0.15) is 11.5 Å². The smallest absolute Gasteiger partial charge is 0.158 e. The molecular formula is C15H17IN2OS. The summed E-state index contributed by atoms with van der Waals surface area (Å²) >= 11 is 1.47. The van der Waals surface area contributed by atoms with E-state index in [4.69, 9.17) is 10.1 Å². The number of para-hydroxylation sites is 1. The van der Waals surface area contributed by atoms with Crippen LogP contribution in [0.25, 0.3) is 0 Å². The van der Waals surface area contributed by atoms with Crippen LogP contribution in [0.5, 0.6) is 11.5 Å². The molecule has 0 aliphatic carbocycles. The molecule has 0 saturated heterocycles. The SMILES string of the molecule is CCSC(=N)Nc1ccc(Oc2ccccc2)cc1.I. The molecule has 20 heavy (non-hydrogen) atoms. The molecule has 3 nitrogen and oxygen atoms in total. The maximum atomic E-state index is 7.68. The average molecular weight is 400 g/mol. The van der Waals surface area contributed by atoms with Crippen LogP contribution in [0.3, 0.4) is 0 Å². The summed E-state index contributed by atoms with van der Waals surface area (Å²) < 4.78 is 5.70. The average Bonchev–Trinajstić information content (AvgIpc) is 2.42. The number of thioether (sulfide) groups is 1. The Kier molecular flexibility index (Phi) is 7.46. The lowest BCUT2D eigenvalue weighted by Crippen LogP contribution is -2.05. The van der Waals surface area contributed by atoms with Gasteiger partial charge in [-0.25, -0.2) is 0 Å². The number of nitrogens with one attached hydrogen (secondary N) is 2. The van der Waals surface area contributed by atoms with Crippen molar-refractivity contribution in [1.82, 2.24) is 0 Å². The highest BCUT2D eigenvalue weighted by atomic mass is 127. The van der Waals surface area contributed by atoms with Crippen LogP contribution >= 0.6 is 35.7 Å². The summed E-state index contributed by atoms with van der Waals surface area (Å²) in [5.74, 6) is 2.49. The van der Waals surface area contributed by atoms with E-state index in [0.717, 1.165) is 22.9 Å². The summed E-state index contributed by atoms with van der Waals surface area (Å²) in [6.45, 7) is 2.03. The van der Waals surface area contributed by atoms with Gasteiger partial charge in [0.05, 0.1) is 0 Å². The largest absolute Gasteiger partial charge is 0.457 e. The number of halogens is 1. The van der Waals surface area contributed by atoms with Crippen molar-refractivity contribution in [2.24, 2.45) is 0 Å². The zero-order chi connectivity index (χ0) is 13.5. The Morgan fingerprint density at radius 2 is 1.65 bits per heavy atom. The Balaban J connectivity index is 0.00000200. The van der Waals surface area contributed by atoms with Crippen LogP contribution in [-0.4, -0.2) is 10.9 Å². The third-order valence-corrected chi connectivity index (χ3v) is 3.06. The van der Waals surface area contributed by atoms with E-state index >= 15 is 0 Å². The first kappa shape index (κ1) is 16.8. The highest BCUT2D eigenvalue weighted by Gasteiger charge is 1.99. The number of anilines is 1. The van der Waals surface area contributed by atoms with E-state index in [9.17, 15) is 0 Å². The molecule has 0 fully saturated rings. The standard InChI is InChI=1S/C15H16N2OS.HI/c1-2-19-15(16)17-12-8-10-14(11-9-12)18-13-6-4-3-5-7-13;/h3-11H,2H2,1H3,(H2,16,17);1H. The lowest BCUT2D eigenvalue weighted by molar-refractivity contribution is 0.483. The summed E-state index contributed by atoms with van der Waals surface area (Å²) in [5.41, 5.74) is 0.895. The van der Waals surface area contributed by atoms with E-state index in [1.165, 1.54) is 11.8 Å². The van der Waals surface area contributed by atoms with Crippen molar-refractivity contribution in [3.8, 4) is 11.5 Å². The number of ether oxygens (including phenoxy) is 1. The zero-order valence-corrected chi connectivity index (χ0v) is 14.3. The van der Waals surface area contributed by atoms with Gasteiger partial charge in [-0.15, -0.1) is 24.0 Å². The fraction of sp³-hybridized carbons (Fsp3) is 0.133. The Morgan fingerprint density at radius 1 is 1.05 bits per heavy atom. The minimum atomic E-state index is 0. The normalized spacial score (nSPS) is 9.45. The molecule has 0 saturated carbocycles. The Morgan fingerprint density at radius 3 is 2.25 bits per heavy atom. The van der Waals surface area contributed by atoms with Gasteiger partial charge >= 0.3 is 0 Å². The molecular weight excluding hydrogens is 383 g/mol. The zero-order valence-electron chi connectivity index (χ0n) is 11.1. The molecule has 0 unspecified atom stereocenters. The fourth-order valence-electron chi connectivity index (χ4n) is 1.54. The van der Waals surface area contributed by atoms with E-state index < -0.39 is 0 Å². The third-order valence-electron chi connectivity index (χ3n) is 2.38. The van der Waals surface area contributed by atoms with E-state index in [-0.39, 0.29) is 24.0 Å². The third kappa shape index (κ3) is 5.42. The lowest BCUT2D eigenvalue weighted by Gasteiger charge is -2.08. The van der Waals surface area contributed by atoms with Crippen molar-refractivity contribution in [1.29, 1.82) is 5.41 Å². The first-order chi connectivity index (χ1) is 9.28. The summed E-state index contributed by atoms with van der Waals surface area (Å²) in [5, 5.41) is 11.2. The highest BCUT2D eigenvalue weighted by molar-refractivity contribution is 14.0. The second kappa shape index (κ2) is 8.86. The summed E-state index contributed by atoms with van der Waals surface area (Å²) in [6, 6.07) is 17.3. The molecule has 2 N–H and O–H groups in total. The maximum Gasteiger partial charge on any atom is 0.158 e. The first-order valence-corrected chi connectivity index (χ1v) is 7.08. The second-order valence-corrected chi connectivity index (χ2v) is 5.10. The van der Waals surface area contributed by atoms with Crippen LogP contribution in [0.1, 0.15) is 6.92 Å². The van der Waals surface area contributed by atoms with Crippen molar-refractivity contribution >= 4 is 46.6 Å². The van der Waals surface area contributed by atoms with Gasteiger partial charge in [0.25, 0.3) is 0 Å². The minimum absolute atomic E-state index is 0. The van der Waals surface area contributed by atoms with Crippen molar-refractivity contribution in [3.05, 3.63) is 54.6 Å². The van der Waals surface area contributed by atoms with Crippen molar-refractivity contribution in [2.75, 3.05) is 11.1 Å². The van der Waals surface area contributed by atoms with Crippen LogP contribution in [0.2, 0.25) is 0 Å². The molecule has 106 valence electrons. The number of amidine groups is 1. The van der Waals surface area contributed by atoms with Gasteiger partial charge in [0.2, 0.25) is 0 Å². The Bertz CT molecular complexity index is 531. The molecule has 0 aromatic heterocycles. The molecule has 0 radical (unpaired) electrons. The molecule has 0 aliphatic heterocycles. The van der Waals surface area contributed by atoms with Gasteiger partial charge in [0, 0.05) is 5.69 Å². The Labute approximate surface area is 140 Å². The summed E-state index contributed by atoms with van der Waals surface area (Å²) in [6.07, 6.45) is 0. The minimum Gasteiger partial charge on any atom is -0.457 e. The van der Waals surface area contributed by atoms with Gasteiger partial charge in [-0.1, -0.05) is 36.9 Å². The van der Waals surface area contributed by atoms with E-state index in [1.54, 1.807) is 0 Å². The predicted molar refractivity (Wildman–Crippen MR) is 97.9 cm³/mol. The van der Waals surface area contributed by atoms with Gasteiger partial charge in [-0.3, -0.25) is 5.41 Å². The molecule has 0 atom stereocenters. The number of hydrogen-bond donors (Lipinski definition) is 2. The van der Waals surface area contributed by atoms with E-state index in [1.807, 2.05) is 61.5 Å². The maximum absolute atomic E-state index is 7.68. The predicted octanol–water partition coefficient (Wildman–Crippen LogP) is 5.20. The van der Waals surface area contributed by atoms with Crippen LogP contribution in [0, 0.1) is 5.41 Å². The highest BCUT2D eigenvalue weighted by Crippen LogP contribution is 2.22. The van der Waals surface area contributed by atoms with Crippen molar-refractivity contribution in [3.63, 3.8) is 0 Å². The van der Waals surface area contributed by atoms with Crippen molar-refractivity contribution < 1.29 is 4.74 Å². The molecule has 0 spiro atoms. The lowest BCUT2D eigenvalue weighted by atomic mass is 10.3. The van der Waals surface area contributed by atoms with Gasteiger partial charge in [-0.05, 0) is 42.2 Å². The number of hydrogen-bond acceptors (Lipinski definition) is 3. The quantitative estimate of drug-likeness (QED) is 0.422.